The number of aryl methyl sites for hydroxylation is 1. The molecule has 1 N–H and O–H groups in total. The quantitative estimate of drug-likeness (QED) is 0.653. The van der Waals surface area contributed by atoms with Gasteiger partial charge in [0.05, 0.1) is 6.54 Å². The first-order valence-corrected chi connectivity index (χ1v) is 7.51. The molecule has 0 amide bonds. The molecule has 22 heavy (non-hydrogen) atoms. The number of nitrogens with zero attached hydrogens (tertiary/aromatic N) is 4. The maximum atomic E-state index is 5.10. The highest BCUT2D eigenvalue weighted by Gasteiger charge is 2.07. The van der Waals surface area contributed by atoms with Crippen molar-refractivity contribution in [3.63, 3.8) is 0 Å². The molecule has 0 unspecified atom stereocenters. The molecule has 0 radical (unpaired) electrons. The molecule has 0 saturated heterocycles. The summed E-state index contributed by atoms with van der Waals surface area (Å²) in [6.45, 7) is 6.13. The molecule has 0 aliphatic carbocycles. The summed E-state index contributed by atoms with van der Waals surface area (Å²) < 4.78 is 5.10. The summed E-state index contributed by atoms with van der Waals surface area (Å²) >= 11 is 0. The third kappa shape index (κ3) is 4.87. The van der Waals surface area contributed by atoms with Crippen molar-refractivity contribution in [1.82, 2.24) is 20.4 Å². The standard InChI is InChI=1S/C16H23N5O/c1-4-17-16(18-11-10-15-19-13(2)20-22-15)21(3)12-14-8-6-5-7-9-14/h5-9H,4,10-12H2,1-3H3,(H,17,18). The first-order chi connectivity index (χ1) is 10.7. The van der Waals surface area contributed by atoms with Gasteiger partial charge in [0.25, 0.3) is 0 Å². The Morgan fingerprint density at radius 1 is 1.32 bits per heavy atom. The second-order valence-corrected chi connectivity index (χ2v) is 5.06. The monoisotopic (exact) mass is 301 g/mol. The number of aromatic nitrogens is 2. The SMILES string of the molecule is CCNC(=NCCc1nc(C)no1)N(C)Cc1ccccc1. The van der Waals surface area contributed by atoms with Gasteiger partial charge in [-0.2, -0.15) is 4.98 Å². The molecule has 0 bridgehead atoms. The van der Waals surface area contributed by atoms with Crippen molar-refractivity contribution in [3.05, 3.63) is 47.6 Å². The highest BCUT2D eigenvalue weighted by atomic mass is 16.5. The van der Waals surface area contributed by atoms with Gasteiger partial charge in [-0.05, 0) is 19.4 Å². The lowest BCUT2D eigenvalue weighted by Crippen LogP contribution is -2.38. The van der Waals surface area contributed by atoms with E-state index in [1.165, 1.54) is 5.56 Å². The predicted octanol–water partition coefficient (Wildman–Crippen LogP) is 2.02. The highest BCUT2D eigenvalue weighted by Crippen LogP contribution is 2.03. The Hall–Kier alpha value is -2.37. The lowest BCUT2D eigenvalue weighted by molar-refractivity contribution is 0.375. The molecule has 1 aromatic carbocycles. The van der Waals surface area contributed by atoms with E-state index < -0.39 is 0 Å². The van der Waals surface area contributed by atoms with Crippen LogP contribution in [0, 0.1) is 6.92 Å². The summed E-state index contributed by atoms with van der Waals surface area (Å²) in [5.74, 6) is 2.16. The van der Waals surface area contributed by atoms with Gasteiger partial charge in [0.2, 0.25) is 5.89 Å². The van der Waals surface area contributed by atoms with Gasteiger partial charge < -0.3 is 14.7 Å². The van der Waals surface area contributed by atoms with Crippen molar-refractivity contribution in [2.45, 2.75) is 26.8 Å². The van der Waals surface area contributed by atoms with Crippen molar-refractivity contribution in [1.29, 1.82) is 0 Å². The Morgan fingerprint density at radius 2 is 2.09 bits per heavy atom. The Balaban J connectivity index is 1.93. The number of benzene rings is 1. The van der Waals surface area contributed by atoms with Gasteiger partial charge in [-0.15, -0.1) is 0 Å². The minimum absolute atomic E-state index is 0.614. The van der Waals surface area contributed by atoms with Crippen LogP contribution in [0.4, 0.5) is 0 Å². The summed E-state index contributed by atoms with van der Waals surface area (Å²) in [5.41, 5.74) is 1.25. The van der Waals surface area contributed by atoms with Gasteiger partial charge >= 0.3 is 0 Å². The molecule has 1 heterocycles. The van der Waals surface area contributed by atoms with Crippen LogP contribution in [0.5, 0.6) is 0 Å². The van der Waals surface area contributed by atoms with E-state index in [2.05, 4.69) is 44.4 Å². The van der Waals surface area contributed by atoms with Crippen LogP contribution in [-0.2, 0) is 13.0 Å². The van der Waals surface area contributed by atoms with Crippen molar-refractivity contribution in [2.75, 3.05) is 20.1 Å². The van der Waals surface area contributed by atoms with Crippen LogP contribution in [0.3, 0.4) is 0 Å². The van der Waals surface area contributed by atoms with Crippen LogP contribution >= 0.6 is 0 Å². The van der Waals surface area contributed by atoms with Crippen molar-refractivity contribution >= 4 is 5.96 Å². The summed E-state index contributed by atoms with van der Waals surface area (Å²) in [7, 11) is 2.03. The van der Waals surface area contributed by atoms with E-state index in [1.807, 2.05) is 32.2 Å². The smallest absolute Gasteiger partial charge is 0.228 e. The Labute approximate surface area is 131 Å². The van der Waals surface area contributed by atoms with E-state index in [1.54, 1.807) is 0 Å². The fourth-order valence-corrected chi connectivity index (χ4v) is 2.10. The summed E-state index contributed by atoms with van der Waals surface area (Å²) in [6, 6.07) is 10.3. The number of rotatable bonds is 6. The lowest BCUT2D eigenvalue weighted by atomic mass is 10.2. The highest BCUT2D eigenvalue weighted by molar-refractivity contribution is 5.79. The van der Waals surface area contributed by atoms with Crippen molar-refractivity contribution < 1.29 is 4.52 Å². The molecule has 0 aliphatic heterocycles. The van der Waals surface area contributed by atoms with Gasteiger partial charge in [-0.25, -0.2) is 0 Å². The van der Waals surface area contributed by atoms with Gasteiger partial charge in [0.1, 0.15) is 0 Å². The first-order valence-electron chi connectivity index (χ1n) is 7.51. The van der Waals surface area contributed by atoms with E-state index in [0.717, 1.165) is 19.0 Å². The number of hydrogen-bond donors (Lipinski definition) is 1. The van der Waals surface area contributed by atoms with E-state index in [4.69, 9.17) is 4.52 Å². The Morgan fingerprint density at radius 3 is 2.73 bits per heavy atom. The summed E-state index contributed by atoms with van der Waals surface area (Å²) in [4.78, 5) is 10.9. The van der Waals surface area contributed by atoms with Crippen LogP contribution in [0.2, 0.25) is 0 Å². The van der Waals surface area contributed by atoms with Crippen molar-refractivity contribution in [2.24, 2.45) is 4.99 Å². The molecule has 0 spiro atoms. The van der Waals surface area contributed by atoms with Gasteiger partial charge in [-0.3, -0.25) is 4.99 Å². The zero-order valence-corrected chi connectivity index (χ0v) is 13.4. The fourth-order valence-electron chi connectivity index (χ4n) is 2.10. The van der Waals surface area contributed by atoms with E-state index in [0.29, 0.717) is 24.7 Å². The summed E-state index contributed by atoms with van der Waals surface area (Å²) in [6.07, 6.45) is 0.648. The maximum Gasteiger partial charge on any atom is 0.228 e. The zero-order valence-electron chi connectivity index (χ0n) is 13.4. The van der Waals surface area contributed by atoms with E-state index >= 15 is 0 Å². The molecule has 0 fully saturated rings. The van der Waals surface area contributed by atoms with E-state index in [-0.39, 0.29) is 0 Å². The summed E-state index contributed by atoms with van der Waals surface area (Å²) in [5, 5.41) is 7.08. The topological polar surface area (TPSA) is 66.5 Å². The fraction of sp³-hybridized carbons (Fsp3) is 0.438. The largest absolute Gasteiger partial charge is 0.357 e. The molecule has 1 aromatic heterocycles. The average molecular weight is 301 g/mol. The van der Waals surface area contributed by atoms with Gasteiger partial charge in [0, 0.05) is 26.6 Å². The number of nitrogens with one attached hydrogen (secondary N) is 1. The third-order valence-corrected chi connectivity index (χ3v) is 3.12. The maximum absolute atomic E-state index is 5.10. The molecule has 6 heteroatoms. The minimum Gasteiger partial charge on any atom is -0.357 e. The number of aliphatic imine (C=N–C) groups is 1. The predicted molar refractivity (Wildman–Crippen MR) is 86.6 cm³/mol. The molecule has 0 saturated carbocycles. The molecular weight excluding hydrogens is 278 g/mol. The molecule has 0 aliphatic rings. The van der Waals surface area contributed by atoms with Crippen LogP contribution in [-0.4, -0.2) is 41.1 Å². The lowest BCUT2D eigenvalue weighted by Gasteiger charge is -2.22. The zero-order chi connectivity index (χ0) is 15.8. The van der Waals surface area contributed by atoms with E-state index in [9.17, 15) is 0 Å². The van der Waals surface area contributed by atoms with Crippen LogP contribution < -0.4 is 5.32 Å². The molecule has 6 nitrogen and oxygen atoms in total. The van der Waals surface area contributed by atoms with Crippen LogP contribution in [0.25, 0.3) is 0 Å². The Bertz CT molecular complexity index is 594. The van der Waals surface area contributed by atoms with Crippen LogP contribution in [0.15, 0.2) is 39.8 Å². The average Bonchev–Trinajstić information content (AvgIpc) is 2.93. The van der Waals surface area contributed by atoms with Gasteiger partial charge in [0.15, 0.2) is 11.8 Å². The number of guanidine groups is 1. The van der Waals surface area contributed by atoms with Crippen LogP contribution in [0.1, 0.15) is 24.2 Å². The molecule has 2 aromatic rings. The second kappa shape index (κ2) is 8.17. The molecule has 118 valence electrons. The molecule has 0 atom stereocenters. The van der Waals surface area contributed by atoms with Gasteiger partial charge in [-0.1, -0.05) is 35.5 Å². The second-order valence-electron chi connectivity index (χ2n) is 5.06. The van der Waals surface area contributed by atoms with Crippen molar-refractivity contribution in [3.8, 4) is 0 Å². The third-order valence-electron chi connectivity index (χ3n) is 3.12. The molecule has 2 rings (SSSR count). The first kappa shape index (κ1) is 16.0. The Kier molecular flexibility index (Phi) is 5.94. The molecular formula is C16H23N5O. The number of hydrogen-bond acceptors (Lipinski definition) is 4. The normalized spacial score (nSPS) is 11.5. The minimum atomic E-state index is 0.614.